The summed E-state index contributed by atoms with van der Waals surface area (Å²) >= 11 is 0. The van der Waals surface area contributed by atoms with Gasteiger partial charge in [0.05, 0.1) is 0 Å². The number of nitrogens with one attached hydrogen (secondary N) is 1. The first-order valence-electron chi connectivity index (χ1n) is 2.91. The van der Waals surface area contributed by atoms with Crippen LogP contribution in [0.1, 0.15) is 5.56 Å². The van der Waals surface area contributed by atoms with Gasteiger partial charge in [0, 0.05) is 26.0 Å². The van der Waals surface area contributed by atoms with Crippen LogP contribution in [-0.4, -0.2) is 0 Å². The van der Waals surface area contributed by atoms with Crippen LogP contribution >= 0.6 is 0 Å². The first-order chi connectivity index (χ1) is 4.43. The van der Waals surface area contributed by atoms with Gasteiger partial charge in [-0.05, 0) is 5.56 Å². The molecule has 0 saturated heterocycles. The van der Waals surface area contributed by atoms with Crippen molar-refractivity contribution in [1.29, 1.82) is 0 Å². The van der Waals surface area contributed by atoms with Crippen LogP contribution in [0.25, 0.3) is 0 Å². The van der Waals surface area contributed by atoms with Crippen LogP contribution in [-0.2, 0) is 26.0 Å². The molecule has 0 aromatic heterocycles. The van der Waals surface area contributed by atoms with Crippen LogP contribution in [0.4, 0.5) is 0 Å². The van der Waals surface area contributed by atoms with Crippen LogP contribution in [0.15, 0.2) is 30.3 Å². The van der Waals surface area contributed by atoms with Gasteiger partial charge in [0.2, 0.25) is 0 Å². The van der Waals surface area contributed by atoms with Crippen molar-refractivity contribution in [2.75, 3.05) is 0 Å². The van der Waals surface area contributed by atoms with E-state index < -0.39 is 0 Å². The molecule has 1 aromatic carbocycles. The summed E-state index contributed by atoms with van der Waals surface area (Å²) in [6.45, 7) is 0.737. The van der Waals surface area contributed by atoms with E-state index in [1.807, 2.05) is 30.3 Å². The summed E-state index contributed by atoms with van der Waals surface area (Å²) in [6.07, 6.45) is 0. The van der Waals surface area contributed by atoms with Gasteiger partial charge in [0.15, 0.2) is 0 Å². The molecule has 0 saturated carbocycles. The zero-order valence-electron chi connectivity index (χ0n) is 6.59. The fraction of sp³-hybridized carbons (Fsp3) is 0.143. The standard InChI is InChI=1S/C7H10N2.H3N.Zn/c8-9-6-7-4-2-1-3-5-7;;/h1-5,9H,6,8H2;1H3;. The van der Waals surface area contributed by atoms with Crippen molar-refractivity contribution in [3.63, 3.8) is 0 Å². The maximum absolute atomic E-state index is 5.11. The van der Waals surface area contributed by atoms with Crippen LogP contribution in [0.5, 0.6) is 0 Å². The summed E-state index contributed by atoms with van der Waals surface area (Å²) in [5.74, 6) is 5.11. The van der Waals surface area contributed by atoms with E-state index >= 15 is 0 Å². The van der Waals surface area contributed by atoms with E-state index in [0.29, 0.717) is 0 Å². The van der Waals surface area contributed by atoms with Crippen molar-refractivity contribution in [2.45, 2.75) is 6.54 Å². The molecule has 0 aliphatic carbocycles. The molecule has 0 radical (unpaired) electrons. The van der Waals surface area contributed by atoms with E-state index in [1.165, 1.54) is 5.56 Å². The summed E-state index contributed by atoms with van der Waals surface area (Å²) in [6, 6.07) is 10.0. The number of hydrogen-bond acceptors (Lipinski definition) is 3. The number of benzene rings is 1. The summed E-state index contributed by atoms with van der Waals surface area (Å²) < 4.78 is 0. The number of hydrogen-bond donors (Lipinski definition) is 3. The minimum atomic E-state index is 0. The zero-order valence-corrected chi connectivity index (χ0v) is 9.55. The third kappa shape index (κ3) is 5.04. The monoisotopic (exact) mass is 203 g/mol. The molecule has 4 heteroatoms. The van der Waals surface area contributed by atoms with Crippen LogP contribution in [0, 0.1) is 0 Å². The van der Waals surface area contributed by atoms with Gasteiger partial charge in [-0.25, -0.2) is 0 Å². The fourth-order valence-electron chi connectivity index (χ4n) is 0.714. The van der Waals surface area contributed by atoms with Crippen molar-refractivity contribution in [1.82, 2.24) is 11.6 Å². The third-order valence-corrected chi connectivity index (χ3v) is 1.15. The van der Waals surface area contributed by atoms with Gasteiger partial charge in [-0.15, -0.1) is 0 Å². The normalized spacial score (nSPS) is 7.73. The topological polar surface area (TPSA) is 73.0 Å². The Hall–Kier alpha value is -0.277. The molecule has 0 aliphatic rings. The maximum Gasteiger partial charge on any atom is 0.0348 e. The predicted octanol–water partition coefficient (Wildman–Crippen LogP) is 0.809. The average molecular weight is 205 g/mol. The van der Waals surface area contributed by atoms with Crippen molar-refractivity contribution in [3.05, 3.63) is 35.9 Å². The van der Waals surface area contributed by atoms with E-state index in [2.05, 4.69) is 5.43 Å². The average Bonchev–Trinajstić information content (AvgIpc) is 1.91. The number of hydrazine groups is 1. The van der Waals surface area contributed by atoms with Gasteiger partial charge in [-0.1, -0.05) is 30.3 Å². The van der Waals surface area contributed by atoms with Gasteiger partial charge in [0.1, 0.15) is 0 Å². The molecule has 0 bridgehead atoms. The Morgan fingerprint density at radius 3 is 2.18 bits per heavy atom. The molecule has 0 spiro atoms. The van der Waals surface area contributed by atoms with Crippen molar-refractivity contribution >= 4 is 0 Å². The summed E-state index contributed by atoms with van der Waals surface area (Å²) in [5.41, 5.74) is 3.79. The predicted molar refractivity (Wildman–Crippen MR) is 42.5 cm³/mol. The molecule has 1 rings (SSSR count). The molecule has 3 nitrogen and oxygen atoms in total. The molecule has 0 heterocycles. The van der Waals surface area contributed by atoms with E-state index in [9.17, 15) is 0 Å². The third-order valence-electron chi connectivity index (χ3n) is 1.15. The van der Waals surface area contributed by atoms with Crippen molar-refractivity contribution < 1.29 is 19.5 Å². The van der Waals surface area contributed by atoms with E-state index in [-0.39, 0.29) is 25.6 Å². The Morgan fingerprint density at radius 2 is 1.73 bits per heavy atom. The zero-order chi connectivity index (χ0) is 6.53. The molecule has 11 heavy (non-hydrogen) atoms. The molecule has 1 aromatic rings. The molecule has 0 unspecified atom stereocenters. The number of rotatable bonds is 2. The van der Waals surface area contributed by atoms with E-state index in [4.69, 9.17) is 5.84 Å². The molecule has 0 atom stereocenters. The van der Waals surface area contributed by atoms with Crippen molar-refractivity contribution in [3.8, 4) is 0 Å². The SMILES string of the molecule is N.NNCc1ccccc1.[Zn]. The first-order valence-corrected chi connectivity index (χ1v) is 2.91. The van der Waals surface area contributed by atoms with Crippen molar-refractivity contribution in [2.24, 2.45) is 5.84 Å². The van der Waals surface area contributed by atoms with Crippen LogP contribution in [0.2, 0.25) is 0 Å². The molecule has 0 fully saturated rings. The minimum Gasteiger partial charge on any atom is -0.344 e. The van der Waals surface area contributed by atoms with Gasteiger partial charge in [0.25, 0.3) is 0 Å². The second-order valence-corrected chi connectivity index (χ2v) is 1.87. The minimum absolute atomic E-state index is 0. The van der Waals surface area contributed by atoms with Gasteiger partial charge >= 0.3 is 0 Å². The summed E-state index contributed by atoms with van der Waals surface area (Å²) in [7, 11) is 0. The number of nitrogens with two attached hydrogens (primary N) is 1. The maximum atomic E-state index is 5.11. The van der Waals surface area contributed by atoms with E-state index in [1.54, 1.807) is 0 Å². The second-order valence-electron chi connectivity index (χ2n) is 1.87. The van der Waals surface area contributed by atoms with Gasteiger partial charge in [-0.3, -0.25) is 11.3 Å². The Balaban J connectivity index is 0. The Labute approximate surface area is 79.7 Å². The molecule has 0 aliphatic heterocycles. The van der Waals surface area contributed by atoms with Gasteiger partial charge in [-0.2, -0.15) is 0 Å². The quantitative estimate of drug-likeness (QED) is 0.379. The molecule has 0 amide bonds. The second kappa shape index (κ2) is 7.83. The summed E-state index contributed by atoms with van der Waals surface area (Å²) in [4.78, 5) is 0. The van der Waals surface area contributed by atoms with Crippen LogP contribution < -0.4 is 17.4 Å². The molecule has 6 N–H and O–H groups in total. The molecular formula is C7H13N3Zn. The smallest absolute Gasteiger partial charge is 0.0348 e. The van der Waals surface area contributed by atoms with Gasteiger partial charge < -0.3 is 6.15 Å². The first kappa shape index (κ1) is 13.3. The molecular weight excluding hydrogens is 191 g/mol. The molecule has 58 valence electrons. The Morgan fingerprint density at radius 1 is 1.18 bits per heavy atom. The van der Waals surface area contributed by atoms with Crippen LogP contribution in [0.3, 0.4) is 0 Å². The van der Waals surface area contributed by atoms with E-state index in [0.717, 1.165) is 6.54 Å². The Kier molecular flexibility index (Phi) is 9.48. The summed E-state index contributed by atoms with van der Waals surface area (Å²) in [5, 5.41) is 0. The largest absolute Gasteiger partial charge is 0.344 e. The fourth-order valence-corrected chi connectivity index (χ4v) is 0.714. The Bertz CT molecular complexity index is 167.